The molecule has 2 heterocycles. The first-order valence-electron chi connectivity index (χ1n) is 5.91. The Morgan fingerprint density at radius 1 is 1.32 bits per heavy atom. The van der Waals surface area contributed by atoms with E-state index in [1.807, 2.05) is 13.8 Å². The van der Waals surface area contributed by atoms with Gasteiger partial charge in [-0.15, -0.1) is 0 Å². The van der Waals surface area contributed by atoms with Crippen LogP contribution in [0.1, 0.15) is 25.5 Å². The number of aromatic nitrogens is 5. The van der Waals surface area contributed by atoms with E-state index in [0.29, 0.717) is 25.3 Å². The molecule has 0 bridgehead atoms. The predicted molar refractivity (Wildman–Crippen MR) is 67.8 cm³/mol. The second-order valence-electron chi connectivity index (χ2n) is 4.01. The van der Waals surface area contributed by atoms with E-state index >= 15 is 0 Å². The molecule has 2 aromatic heterocycles. The fourth-order valence-corrected chi connectivity index (χ4v) is 2.32. The van der Waals surface area contributed by atoms with Crippen LogP contribution in [0, 0.1) is 0 Å². The SMILES string of the molecule is CCc1nc(S(N)(=O)=O)cn1Cc1ncnn1CC. The fourth-order valence-electron chi connectivity index (χ4n) is 1.81. The average Bonchev–Trinajstić information content (AvgIpc) is 2.95. The van der Waals surface area contributed by atoms with E-state index in [1.165, 1.54) is 12.5 Å². The highest BCUT2D eigenvalue weighted by Gasteiger charge is 2.16. The number of sulfonamides is 1. The molecule has 0 amide bonds. The predicted octanol–water partition coefficient (Wildman–Crippen LogP) is -0.247. The Hall–Kier alpha value is -1.74. The van der Waals surface area contributed by atoms with Crippen molar-refractivity contribution < 1.29 is 8.42 Å². The summed E-state index contributed by atoms with van der Waals surface area (Å²) >= 11 is 0. The molecule has 0 aliphatic carbocycles. The number of imidazole rings is 1. The van der Waals surface area contributed by atoms with Crippen molar-refractivity contribution in [1.82, 2.24) is 24.3 Å². The average molecular weight is 284 g/mol. The van der Waals surface area contributed by atoms with Crippen LogP contribution >= 0.6 is 0 Å². The molecule has 2 aromatic rings. The standard InChI is InChI=1S/C10H16N6O2S/c1-3-8-14-10(19(11,17)18)6-15(8)5-9-12-7-13-16(9)4-2/h6-7H,3-5H2,1-2H3,(H2,11,17,18). The van der Waals surface area contributed by atoms with E-state index in [1.54, 1.807) is 9.25 Å². The molecule has 0 unspecified atom stereocenters. The number of primary sulfonamides is 1. The van der Waals surface area contributed by atoms with Gasteiger partial charge in [0.15, 0.2) is 5.03 Å². The highest BCUT2D eigenvalue weighted by molar-refractivity contribution is 7.89. The molecule has 0 saturated heterocycles. The van der Waals surface area contributed by atoms with E-state index in [4.69, 9.17) is 5.14 Å². The molecule has 0 radical (unpaired) electrons. The minimum atomic E-state index is -3.78. The molecule has 9 heteroatoms. The highest BCUT2D eigenvalue weighted by atomic mass is 32.2. The van der Waals surface area contributed by atoms with Gasteiger partial charge in [0.2, 0.25) is 0 Å². The number of nitrogens with two attached hydrogens (primary N) is 1. The molecule has 8 nitrogen and oxygen atoms in total. The first-order chi connectivity index (χ1) is 8.95. The van der Waals surface area contributed by atoms with Gasteiger partial charge < -0.3 is 4.57 Å². The van der Waals surface area contributed by atoms with Gasteiger partial charge in [-0.25, -0.2) is 28.2 Å². The van der Waals surface area contributed by atoms with E-state index in [9.17, 15) is 8.42 Å². The van der Waals surface area contributed by atoms with Crippen molar-refractivity contribution in [3.63, 3.8) is 0 Å². The Morgan fingerprint density at radius 3 is 2.63 bits per heavy atom. The molecule has 0 fully saturated rings. The van der Waals surface area contributed by atoms with E-state index < -0.39 is 10.0 Å². The summed E-state index contributed by atoms with van der Waals surface area (Å²) in [6, 6.07) is 0. The lowest BCUT2D eigenvalue weighted by Crippen LogP contribution is -2.12. The summed E-state index contributed by atoms with van der Waals surface area (Å²) in [5.74, 6) is 1.39. The monoisotopic (exact) mass is 284 g/mol. The van der Waals surface area contributed by atoms with Crippen LogP contribution in [-0.2, 0) is 29.5 Å². The molecule has 0 aliphatic rings. The number of hydrogen-bond donors (Lipinski definition) is 1. The molecule has 0 atom stereocenters. The smallest absolute Gasteiger partial charge is 0.257 e. The molecular weight excluding hydrogens is 268 g/mol. The molecular formula is C10H16N6O2S. The summed E-state index contributed by atoms with van der Waals surface area (Å²) in [5.41, 5.74) is 0. The lowest BCUT2D eigenvalue weighted by atomic mass is 10.4. The number of hydrogen-bond acceptors (Lipinski definition) is 5. The normalized spacial score (nSPS) is 11.9. The summed E-state index contributed by atoms with van der Waals surface area (Å²) in [6.45, 7) is 4.98. The number of aryl methyl sites for hydroxylation is 2. The minimum Gasteiger partial charge on any atom is -0.326 e. The third-order valence-electron chi connectivity index (χ3n) is 2.75. The van der Waals surface area contributed by atoms with Crippen molar-refractivity contribution in [3.05, 3.63) is 24.2 Å². The maximum absolute atomic E-state index is 11.3. The zero-order valence-electron chi connectivity index (χ0n) is 10.8. The van der Waals surface area contributed by atoms with E-state index in [-0.39, 0.29) is 5.03 Å². The molecule has 0 aromatic carbocycles. The molecule has 19 heavy (non-hydrogen) atoms. The lowest BCUT2D eigenvalue weighted by Gasteiger charge is -2.06. The topological polar surface area (TPSA) is 109 Å². The Morgan fingerprint density at radius 2 is 2.05 bits per heavy atom. The Bertz CT molecular complexity index is 672. The summed E-state index contributed by atoms with van der Waals surface area (Å²) in [7, 11) is -3.78. The Balaban J connectivity index is 2.37. The molecule has 104 valence electrons. The summed E-state index contributed by atoms with van der Waals surface area (Å²) in [5, 5.41) is 9.04. The quantitative estimate of drug-likeness (QED) is 0.814. The van der Waals surface area contributed by atoms with Gasteiger partial charge in [-0.2, -0.15) is 5.10 Å². The zero-order chi connectivity index (χ0) is 14.0. The zero-order valence-corrected chi connectivity index (χ0v) is 11.6. The van der Waals surface area contributed by atoms with Crippen LogP contribution in [-0.4, -0.2) is 32.7 Å². The Kier molecular flexibility index (Phi) is 3.67. The van der Waals surface area contributed by atoms with Crippen molar-refractivity contribution in [2.24, 2.45) is 5.14 Å². The number of nitrogens with zero attached hydrogens (tertiary/aromatic N) is 5. The first kappa shape index (κ1) is 13.7. The maximum atomic E-state index is 11.3. The second kappa shape index (κ2) is 5.10. The second-order valence-corrected chi connectivity index (χ2v) is 5.52. The van der Waals surface area contributed by atoms with Gasteiger partial charge in [-0.1, -0.05) is 6.92 Å². The van der Waals surface area contributed by atoms with Crippen LogP contribution < -0.4 is 5.14 Å². The van der Waals surface area contributed by atoms with Crippen LogP contribution in [0.15, 0.2) is 17.6 Å². The van der Waals surface area contributed by atoms with Crippen LogP contribution in [0.25, 0.3) is 0 Å². The van der Waals surface area contributed by atoms with E-state index in [0.717, 1.165) is 5.82 Å². The van der Waals surface area contributed by atoms with E-state index in [2.05, 4.69) is 15.1 Å². The molecule has 0 spiro atoms. The number of rotatable bonds is 5. The summed E-state index contributed by atoms with van der Waals surface area (Å²) in [6.07, 6.45) is 3.51. The van der Waals surface area contributed by atoms with Crippen LogP contribution in [0.5, 0.6) is 0 Å². The van der Waals surface area contributed by atoms with Gasteiger partial charge in [0, 0.05) is 19.2 Å². The third-order valence-corrected chi connectivity index (χ3v) is 3.53. The molecule has 2 N–H and O–H groups in total. The maximum Gasteiger partial charge on any atom is 0.257 e. The first-order valence-corrected chi connectivity index (χ1v) is 7.45. The van der Waals surface area contributed by atoms with Gasteiger partial charge >= 0.3 is 0 Å². The fraction of sp³-hybridized carbons (Fsp3) is 0.500. The van der Waals surface area contributed by atoms with Gasteiger partial charge in [-0.3, -0.25) is 0 Å². The van der Waals surface area contributed by atoms with Crippen molar-refractivity contribution in [1.29, 1.82) is 0 Å². The van der Waals surface area contributed by atoms with Gasteiger partial charge in [-0.05, 0) is 6.92 Å². The minimum absolute atomic E-state index is 0.119. The molecule has 0 aliphatic heterocycles. The third kappa shape index (κ3) is 2.82. The van der Waals surface area contributed by atoms with Crippen LogP contribution in [0.4, 0.5) is 0 Å². The lowest BCUT2D eigenvalue weighted by molar-refractivity contribution is 0.582. The van der Waals surface area contributed by atoms with Crippen molar-refractivity contribution in [2.75, 3.05) is 0 Å². The summed E-state index contributed by atoms with van der Waals surface area (Å²) < 4.78 is 26.1. The van der Waals surface area contributed by atoms with Gasteiger partial charge in [0.05, 0.1) is 6.54 Å². The Labute approximate surface area is 111 Å². The molecule has 0 saturated carbocycles. The molecule has 2 rings (SSSR count). The largest absolute Gasteiger partial charge is 0.326 e. The van der Waals surface area contributed by atoms with Gasteiger partial charge in [0.1, 0.15) is 18.0 Å². The summed E-state index contributed by atoms with van der Waals surface area (Å²) in [4.78, 5) is 8.18. The van der Waals surface area contributed by atoms with Crippen molar-refractivity contribution >= 4 is 10.0 Å². The van der Waals surface area contributed by atoms with Gasteiger partial charge in [0.25, 0.3) is 10.0 Å². The highest BCUT2D eigenvalue weighted by Crippen LogP contribution is 2.10. The van der Waals surface area contributed by atoms with Crippen molar-refractivity contribution in [3.8, 4) is 0 Å². The van der Waals surface area contributed by atoms with Crippen molar-refractivity contribution in [2.45, 2.75) is 38.4 Å². The van der Waals surface area contributed by atoms with Crippen LogP contribution in [0.2, 0.25) is 0 Å². The van der Waals surface area contributed by atoms with Crippen LogP contribution in [0.3, 0.4) is 0 Å².